The van der Waals surface area contributed by atoms with Gasteiger partial charge in [0.2, 0.25) is 0 Å². The van der Waals surface area contributed by atoms with Crippen molar-refractivity contribution < 1.29 is 43.5 Å². The van der Waals surface area contributed by atoms with Crippen LogP contribution in [0.3, 0.4) is 0 Å². The quantitative estimate of drug-likeness (QED) is 0.219. The molecule has 0 amide bonds. The Morgan fingerprint density at radius 2 is 1.53 bits per heavy atom. The van der Waals surface area contributed by atoms with Crippen molar-refractivity contribution in [2.45, 2.75) is 12.5 Å². The zero-order valence-electron chi connectivity index (χ0n) is 23.3. The fourth-order valence-corrected chi connectivity index (χ4v) is 5.31. The molecule has 0 radical (unpaired) electrons. The predicted octanol–water partition coefficient (Wildman–Crippen LogP) is 5.98. The summed E-state index contributed by atoms with van der Waals surface area (Å²) in [4.78, 5) is 26.3. The third-order valence-electron chi connectivity index (χ3n) is 7.40. The highest BCUT2D eigenvalue weighted by molar-refractivity contribution is 6.06. The molecule has 0 saturated heterocycles. The van der Waals surface area contributed by atoms with Crippen LogP contribution in [0.1, 0.15) is 28.4 Å². The molecule has 10 nitrogen and oxygen atoms in total. The number of methoxy groups -OCH3 is 3. The second-order valence-corrected chi connectivity index (χ2v) is 9.91. The fourth-order valence-electron chi connectivity index (χ4n) is 5.31. The molecule has 3 N–H and O–H groups in total. The van der Waals surface area contributed by atoms with Crippen LogP contribution in [-0.4, -0.2) is 42.4 Å². The van der Waals surface area contributed by atoms with E-state index in [4.69, 9.17) is 23.4 Å². The average Bonchev–Trinajstić information content (AvgIpc) is 3.00. The zero-order chi connectivity index (χ0) is 30.4. The normalized spacial score (nSPS) is 14.2. The largest absolute Gasteiger partial charge is 0.508 e. The average molecular weight is 583 g/mol. The van der Waals surface area contributed by atoms with Crippen LogP contribution in [-0.2, 0) is 0 Å². The fraction of sp³-hybridized carbons (Fsp3) is 0.152. The van der Waals surface area contributed by atoms with Gasteiger partial charge in [-0.05, 0) is 35.9 Å². The molecule has 0 spiro atoms. The molecular weight excluding hydrogens is 556 g/mol. The number of benzene rings is 4. The molecular formula is C33H26O10. The van der Waals surface area contributed by atoms with Crippen molar-refractivity contribution in [2.24, 2.45) is 0 Å². The standard InChI is InChI=1S/C33H26O10/c1-39-19-11-21(35)31-22(36)13-26(43-28(31)12-19)17-6-9-24(40-2)20(10-17)30-27(41-3)15-29-32(33(30)38)23(37)14-25(42-29)16-4-7-18(34)8-5-16/h4-13,15,25,34-35,38H,14H2,1-3H3/t25-/m1/s1. The van der Waals surface area contributed by atoms with Crippen molar-refractivity contribution in [3.8, 4) is 62.7 Å². The van der Waals surface area contributed by atoms with Crippen molar-refractivity contribution in [2.75, 3.05) is 21.3 Å². The monoisotopic (exact) mass is 582 g/mol. The highest BCUT2D eigenvalue weighted by Gasteiger charge is 2.34. The van der Waals surface area contributed by atoms with Crippen molar-refractivity contribution in [3.05, 3.63) is 88.1 Å². The summed E-state index contributed by atoms with van der Waals surface area (Å²) >= 11 is 0. The van der Waals surface area contributed by atoms with Gasteiger partial charge in [-0.2, -0.15) is 0 Å². The number of aromatic hydroxyl groups is 3. The van der Waals surface area contributed by atoms with Gasteiger partial charge in [0.1, 0.15) is 68.6 Å². The Labute approximate surface area is 244 Å². The Morgan fingerprint density at radius 1 is 0.791 bits per heavy atom. The van der Waals surface area contributed by atoms with Gasteiger partial charge in [0.05, 0.1) is 33.3 Å². The minimum atomic E-state index is -0.623. The summed E-state index contributed by atoms with van der Waals surface area (Å²) < 4.78 is 28.6. The highest BCUT2D eigenvalue weighted by Crippen LogP contribution is 2.51. The molecule has 10 heteroatoms. The van der Waals surface area contributed by atoms with Crippen LogP contribution in [0.2, 0.25) is 0 Å². The lowest BCUT2D eigenvalue weighted by molar-refractivity contribution is 0.0845. The van der Waals surface area contributed by atoms with Gasteiger partial charge < -0.3 is 38.7 Å². The van der Waals surface area contributed by atoms with Crippen molar-refractivity contribution in [1.29, 1.82) is 0 Å². The number of fused-ring (bicyclic) bond motifs is 2. The molecule has 0 fully saturated rings. The summed E-state index contributed by atoms with van der Waals surface area (Å²) in [5, 5.41) is 31.5. The maximum Gasteiger partial charge on any atom is 0.197 e. The third-order valence-corrected chi connectivity index (χ3v) is 7.40. The molecule has 218 valence electrons. The van der Waals surface area contributed by atoms with Gasteiger partial charge in [0.25, 0.3) is 0 Å². The minimum absolute atomic E-state index is 0.00177. The first-order valence-corrected chi connectivity index (χ1v) is 13.2. The summed E-state index contributed by atoms with van der Waals surface area (Å²) in [7, 11) is 4.31. The number of hydrogen-bond acceptors (Lipinski definition) is 10. The first kappa shape index (κ1) is 27.5. The predicted molar refractivity (Wildman–Crippen MR) is 157 cm³/mol. The number of phenolic OH excluding ortho intramolecular Hbond substituents is 3. The first-order valence-electron chi connectivity index (χ1n) is 13.2. The van der Waals surface area contributed by atoms with Gasteiger partial charge in [-0.25, -0.2) is 0 Å². The Morgan fingerprint density at radius 3 is 2.23 bits per heavy atom. The molecule has 0 unspecified atom stereocenters. The number of rotatable bonds is 6. The van der Waals surface area contributed by atoms with Crippen LogP contribution < -0.4 is 24.4 Å². The van der Waals surface area contributed by atoms with E-state index >= 15 is 0 Å². The number of carbonyl (C=O) groups excluding carboxylic acids is 1. The topological polar surface area (TPSA) is 145 Å². The molecule has 1 atom stereocenters. The van der Waals surface area contributed by atoms with E-state index in [1.54, 1.807) is 30.3 Å². The molecule has 6 rings (SSSR count). The second-order valence-electron chi connectivity index (χ2n) is 9.91. The SMILES string of the molecule is COc1cc(O)c2c(=O)cc(-c3ccc(OC)c(-c4c(OC)cc5c(c4O)C(=O)C[C@H](c4ccc(O)cc4)O5)c3)oc2c1. The van der Waals surface area contributed by atoms with Gasteiger partial charge in [-0.3, -0.25) is 9.59 Å². The number of Topliss-reactive ketones (excluding diaryl/α,β-unsaturated/α-hetero) is 1. The van der Waals surface area contributed by atoms with Crippen LogP contribution in [0, 0.1) is 0 Å². The summed E-state index contributed by atoms with van der Waals surface area (Å²) in [5.74, 6) is 0.327. The maximum absolute atomic E-state index is 13.4. The van der Waals surface area contributed by atoms with Crippen LogP contribution in [0.4, 0.5) is 0 Å². The molecule has 0 saturated carbocycles. The Bertz CT molecular complexity index is 1960. The number of phenols is 3. The molecule has 4 aromatic carbocycles. The van der Waals surface area contributed by atoms with Crippen molar-refractivity contribution in [1.82, 2.24) is 0 Å². The Kier molecular flexibility index (Phi) is 6.81. The van der Waals surface area contributed by atoms with E-state index in [2.05, 4.69) is 0 Å². The second kappa shape index (κ2) is 10.6. The van der Waals surface area contributed by atoms with E-state index in [1.807, 2.05) is 0 Å². The lowest BCUT2D eigenvalue weighted by atomic mass is 9.90. The van der Waals surface area contributed by atoms with E-state index in [-0.39, 0.29) is 68.8 Å². The van der Waals surface area contributed by atoms with E-state index in [0.29, 0.717) is 28.2 Å². The Balaban J connectivity index is 1.49. The summed E-state index contributed by atoms with van der Waals surface area (Å²) in [6, 6.07) is 16.9. The third kappa shape index (κ3) is 4.72. The number of carbonyl (C=O) groups is 1. The molecule has 0 aliphatic carbocycles. The van der Waals surface area contributed by atoms with E-state index in [1.165, 1.54) is 57.7 Å². The molecule has 1 aromatic heterocycles. The first-order chi connectivity index (χ1) is 20.7. The van der Waals surface area contributed by atoms with E-state index < -0.39 is 11.5 Å². The number of ether oxygens (including phenoxy) is 4. The lowest BCUT2D eigenvalue weighted by Crippen LogP contribution is -2.21. The van der Waals surface area contributed by atoms with Gasteiger partial charge in [-0.15, -0.1) is 0 Å². The molecule has 1 aliphatic heterocycles. The van der Waals surface area contributed by atoms with Crippen LogP contribution >= 0.6 is 0 Å². The summed E-state index contributed by atoms with van der Waals surface area (Å²) in [6.07, 6.45) is -0.658. The summed E-state index contributed by atoms with van der Waals surface area (Å²) in [5.41, 5.74) is 1.34. The van der Waals surface area contributed by atoms with Crippen LogP contribution in [0.5, 0.6) is 40.2 Å². The molecule has 0 bridgehead atoms. The smallest absolute Gasteiger partial charge is 0.197 e. The van der Waals surface area contributed by atoms with Crippen LogP contribution in [0.15, 0.2) is 75.9 Å². The van der Waals surface area contributed by atoms with Gasteiger partial charge in [0.15, 0.2) is 11.2 Å². The lowest BCUT2D eigenvalue weighted by Gasteiger charge is -2.28. The molecule has 5 aromatic rings. The number of ketones is 1. The number of hydrogen-bond donors (Lipinski definition) is 3. The minimum Gasteiger partial charge on any atom is -0.508 e. The van der Waals surface area contributed by atoms with Gasteiger partial charge in [-0.1, -0.05) is 12.1 Å². The van der Waals surface area contributed by atoms with E-state index in [0.717, 1.165) is 0 Å². The highest BCUT2D eigenvalue weighted by atomic mass is 16.5. The van der Waals surface area contributed by atoms with E-state index in [9.17, 15) is 24.9 Å². The molecule has 2 heterocycles. The van der Waals surface area contributed by atoms with Crippen molar-refractivity contribution >= 4 is 16.8 Å². The summed E-state index contributed by atoms with van der Waals surface area (Å²) in [6.45, 7) is 0. The zero-order valence-corrected chi connectivity index (χ0v) is 23.3. The maximum atomic E-state index is 13.4. The molecule has 43 heavy (non-hydrogen) atoms. The van der Waals surface area contributed by atoms with Gasteiger partial charge in [0, 0.05) is 35.4 Å². The Hall–Kier alpha value is -5.64. The van der Waals surface area contributed by atoms with Crippen molar-refractivity contribution in [3.63, 3.8) is 0 Å². The molecule has 1 aliphatic rings. The van der Waals surface area contributed by atoms with Crippen LogP contribution in [0.25, 0.3) is 33.4 Å². The van der Waals surface area contributed by atoms with Gasteiger partial charge >= 0.3 is 0 Å².